The summed E-state index contributed by atoms with van der Waals surface area (Å²) in [6.07, 6.45) is 0. The van der Waals surface area contributed by atoms with Crippen molar-refractivity contribution in [1.29, 1.82) is 0 Å². The minimum atomic E-state index is -3.40. The van der Waals surface area contributed by atoms with Gasteiger partial charge >= 0.3 is 45.7 Å². The van der Waals surface area contributed by atoms with Crippen molar-refractivity contribution in [2.75, 3.05) is 0 Å². The van der Waals surface area contributed by atoms with Gasteiger partial charge in [0.2, 0.25) is 0 Å². The molecule has 0 aliphatic carbocycles. The van der Waals surface area contributed by atoms with Crippen molar-refractivity contribution >= 4 is 33.7 Å². The highest BCUT2D eigenvalue weighted by Gasteiger charge is 2.50. The van der Waals surface area contributed by atoms with Crippen molar-refractivity contribution in [2.24, 2.45) is 0 Å². The maximum Gasteiger partial charge on any atom is 0.700 e. The zero-order chi connectivity index (χ0) is 24.1. The van der Waals surface area contributed by atoms with Crippen LogP contribution in [0.25, 0.3) is 11.1 Å². The average Bonchev–Trinajstić information content (AvgIpc) is 2.65. The van der Waals surface area contributed by atoms with Gasteiger partial charge in [-0.1, -0.05) is 48.5 Å². The molecular weight excluding hydrogens is 516 g/mol. The van der Waals surface area contributed by atoms with Crippen molar-refractivity contribution in [3.8, 4) is 11.1 Å². The third kappa shape index (κ3) is 7.53. The first-order valence-corrected chi connectivity index (χ1v) is 12.5. The second kappa shape index (κ2) is 11.4. The first-order chi connectivity index (χ1) is 14.8. The van der Waals surface area contributed by atoms with Gasteiger partial charge in [-0.3, -0.25) is 0 Å². The molecule has 2 atom stereocenters. The molecule has 0 saturated heterocycles. The van der Waals surface area contributed by atoms with E-state index in [9.17, 15) is 19.3 Å². The van der Waals surface area contributed by atoms with Gasteiger partial charge in [-0.2, -0.15) is 0 Å². The van der Waals surface area contributed by atoms with Crippen LogP contribution in [0.1, 0.15) is 11.1 Å². The van der Waals surface area contributed by atoms with Crippen LogP contribution in [0.4, 0.5) is 0 Å². The van der Waals surface area contributed by atoms with Gasteiger partial charge in [-0.05, 0) is 20.2 Å². The Morgan fingerprint density at radius 2 is 0.938 bits per heavy atom. The molecule has 2 aromatic carbocycles. The standard InChI is InChI=1S/C14H14O14P4/c15-13(25-29(17)18,26-30(19)20)11-5-1-9(2-6-11)10-3-7-12(8-4-10)14(16,27-31(21)22)28-32(23)24/h1-8,15-20H/p+2. The molecule has 0 aromatic heterocycles. The zero-order valence-corrected chi connectivity index (χ0v) is 19.0. The second-order valence-corrected chi connectivity index (χ2v) is 8.36. The van der Waals surface area contributed by atoms with Crippen LogP contribution in [0.2, 0.25) is 0 Å². The molecular formula is C14H16O14P4+2. The van der Waals surface area contributed by atoms with Crippen molar-refractivity contribution in [1.82, 2.24) is 0 Å². The highest BCUT2D eigenvalue weighted by atomic mass is 31.2. The van der Waals surface area contributed by atoms with Crippen LogP contribution in [0.5, 0.6) is 0 Å². The first kappa shape index (κ1) is 27.3. The lowest BCUT2D eigenvalue weighted by Crippen LogP contribution is -2.29. The fourth-order valence-electron chi connectivity index (χ4n) is 2.42. The summed E-state index contributed by atoms with van der Waals surface area (Å²) < 4.78 is 39.4. The molecule has 0 heterocycles. The largest absolute Gasteiger partial charge is 0.700 e. The molecule has 32 heavy (non-hydrogen) atoms. The minimum absolute atomic E-state index is 0.209. The van der Waals surface area contributed by atoms with E-state index in [-0.39, 0.29) is 11.1 Å². The molecule has 0 aliphatic heterocycles. The van der Waals surface area contributed by atoms with Crippen LogP contribution in [0.15, 0.2) is 48.5 Å². The second-order valence-electron chi connectivity index (χ2n) is 5.66. The molecule has 8 N–H and O–H groups in total. The molecule has 2 rings (SSSR count). The summed E-state index contributed by atoms with van der Waals surface area (Å²) in [7, 11) is -13.1. The Labute approximate surface area is 183 Å². The number of benzene rings is 2. The van der Waals surface area contributed by atoms with Gasteiger partial charge in [-0.25, -0.2) is 9.05 Å². The van der Waals surface area contributed by atoms with E-state index in [1.165, 1.54) is 48.5 Å². The Bertz CT molecular complexity index is 909. The number of hydrogen-bond acceptors (Lipinski definition) is 12. The molecule has 0 bridgehead atoms. The molecule has 0 amide bonds. The van der Waals surface area contributed by atoms with E-state index in [0.29, 0.717) is 11.1 Å². The normalized spacial score (nSPS) is 15.1. The van der Waals surface area contributed by atoms with Crippen LogP contribution >= 0.6 is 33.7 Å². The van der Waals surface area contributed by atoms with Gasteiger partial charge < -0.3 is 29.8 Å². The summed E-state index contributed by atoms with van der Waals surface area (Å²) in [5.41, 5.74) is 0.481. The number of aliphatic hydroxyl groups is 2. The van der Waals surface area contributed by atoms with E-state index in [2.05, 4.69) is 18.1 Å². The van der Waals surface area contributed by atoms with E-state index >= 15 is 0 Å². The molecule has 0 aliphatic rings. The molecule has 174 valence electrons. The SMILES string of the molecule is O=[P+](O)OC(O)(O[P+](=O)O)c1ccc(-c2ccc(C(O)(OP(O)O)OP(O)O)cc2)cc1. The van der Waals surface area contributed by atoms with Gasteiger partial charge in [0.1, 0.15) is 0 Å². The van der Waals surface area contributed by atoms with Crippen LogP contribution in [-0.4, -0.2) is 39.6 Å². The van der Waals surface area contributed by atoms with E-state index in [1.807, 2.05) is 0 Å². The highest BCUT2D eigenvalue weighted by Crippen LogP contribution is 2.45. The molecule has 0 fully saturated rings. The lowest BCUT2D eigenvalue weighted by molar-refractivity contribution is -0.290. The summed E-state index contributed by atoms with van der Waals surface area (Å²) in [5, 5.41) is 20.4. The van der Waals surface area contributed by atoms with Gasteiger partial charge in [0.25, 0.3) is 0 Å². The molecule has 18 heteroatoms. The molecule has 0 spiro atoms. The van der Waals surface area contributed by atoms with E-state index < -0.39 is 45.7 Å². The Morgan fingerprint density at radius 1 is 0.625 bits per heavy atom. The van der Waals surface area contributed by atoms with Crippen molar-refractivity contribution in [3.63, 3.8) is 0 Å². The van der Waals surface area contributed by atoms with Gasteiger partial charge in [-0.15, -0.1) is 9.79 Å². The molecule has 2 aromatic rings. The van der Waals surface area contributed by atoms with E-state index in [1.54, 1.807) is 0 Å². The Kier molecular flexibility index (Phi) is 9.74. The van der Waals surface area contributed by atoms with E-state index in [4.69, 9.17) is 29.4 Å². The maximum absolute atomic E-state index is 10.9. The van der Waals surface area contributed by atoms with Crippen molar-refractivity contribution < 1.29 is 66.8 Å². The summed E-state index contributed by atoms with van der Waals surface area (Å²) in [5.74, 6) is -5.84. The van der Waals surface area contributed by atoms with Crippen LogP contribution < -0.4 is 0 Å². The Morgan fingerprint density at radius 3 is 1.22 bits per heavy atom. The Balaban J connectivity index is 2.31. The smallest absolute Gasteiger partial charge is 0.339 e. The van der Waals surface area contributed by atoms with Crippen molar-refractivity contribution in [2.45, 2.75) is 11.9 Å². The summed E-state index contributed by atoms with van der Waals surface area (Å²) in [6.45, 7) is 0. The quantitative estimate of drug-likeness (QED) is 0.151. The molecule has 2 unspecified atom stereocenters. The van der Waals surface area contributed by atoms with Crippen LogP contribution in [0.3, 0.4) is 0 Å². The third-order valence-electron chi connectivity index (χ3n) is 3.65. The molecule has 0 saturated carbocycles. The first-order valence-electron chi connectivity index (χ1n) is 7.95. The molecule has 0 radical (unpaired) electrons. The van der Waals surface area contributed by atoms with Gasteiger partial charge in [0.05, 0.1) is 0 Å². The Hall–Kier alpha value is -0.980. The maximum atomic E-state index is 10.9. The van der Waals surface area contributed by atoms with Crippen molar-refractivity contribution in [3.05, 3.63) is 59.7 Å². The fourth-order valence-corrected chi connectivity index (χ4v) is 3.98. The predicted octanol–water partition coefficient (Wildman–Crippen LogP) is 1.35. The average molecular weight is 532 g/mol. The highest BCUT2D eigenvalue weighted by molar-refractivity contribution is 7.40. The summed E-state index contributed by atoms with van der Waals surface area (Å²) >= 11 is 0. The third-order valence-corrected chi connectivity index (χ3v) is 5.28. The van der Waals surface area contributed by atoms with Gasteiger partial charge in [0.15, 0.2) is 0 Å². The molecule has 14 nitrogen and oxygen atoms in total. The number of rotatable bonds is 11. The van der Waals surface area contributed by atoms with E-state index in [0.717, 1.165) is 0 Å². The fraction of sp³-hybridized carbons (Fsp3) is 0.143. The zero-order valence-electron chi connectivity index (χ0n) is 15.4. The summed E-state index contributed by atoms with van der Waals surface area (Å²) in [4.78, 5) is 53.7. The topological polar surface area (TPSA) is 233 Å². The summed E-state index contributed by atoms with van der Waals surface area (Å²) in [6, 6.07) is 10.4. The van der Waals surface area contributed by atoms with Crippen LogP contribution in [0, 0.1) is 0 Å². The number of hydrogen-bond donors (Lipinski definition) is 8. The predicted molar refractivity (Wildman–Crippen MR) is 106 cm³/mol. The monoisotopic (exact) mass is 532 g/mol. The van der Waals surface area contributed by atoms with Crippen LogP contribution in [-0.2, 0) is 39.2 Å². The minimum Gasteiger partial charge on any atom is -0.339 e. The lowest BCUT2D eigenvalue weighted by atomic mass is 10.0. The van der Waals surface area contributed by atoms with Gasteiger partial charge in [0, 0.05) is 20.3 Å². The lowest BCUT2D eigenvalue weighted by Gasteiger charge is -2.27.